The molecule has 2 rings (SSSR count). The van der Waals surface area contributed by atoms with Gasteiger partial charge in [0.2, 0.25) is 0 Å². The zero-order chi connectivity index (χ0) is 14.7. The summed E-state index contributed by atoms with van der Waals surface area (Å²) in [5.74, 6) is -0.418. The minimum Gasteiger partial charge on any atom is -0.397 e. The number of rotatable bonds is 2. The van der Waals surface area contributed by atoms with Crippen molar-refractivity contribution in [3.8, 4) is 0 Å². The molecule has 2 aromatic rings. The van der Waals surface area contributed by atoms with Crippen LogP contribution >= 0.6 is 15.9 Å². The van der Waals surface area contributed by atoms with Gasteiger partial charge in [-0.1, -0.05) is 6.07 Å². The van der Waals surface area contributed by atoms with Crippen molar-refractivity contribution in [1.82, 2.24) is 0 Å². The molecule has 4 nitrogen and oxygen atoms in total. The zero-order valence-corrected chi connectivity index (χ0v) is 12.3. The Morgan fingerprint density at radius 3 is 2.65 bits per heavy atom. The number of nitrogens with one attached hydrogen (secondary N) is 2. The van der Waals surface area contributed by atoms with Gasteiger partial charge in [0.25, 0.3) is 0 Å². The summed E-state index contributed by atoms with van der Waals surface area (Å²) < 4.78 is 13.7. The smallest absolute Gasteiger partial charge is 0.323 e. The SMILES string of the molecule is Cc1cc(N)c(NC(=O)Nc2cccc(F)c2)c(Br)c1. The molecule has 6 heteroatoms. The number of hydrogen-bond donors (Lipinski definition) is 3. The van der Waals surface area contributed by atoms with Crippen LogP contribution in [0.3, 0.4) is 0 Å². The molecule has 0 spiro atoms. The Hall–Kier alpha value is -2.08. The molecule has 0 atom stereocenters. The summed E-state index contributed by atoms with van der Waals surface area (Å²) in [5, 5.41) is 5.16. The number of amides is 2. The van der Waals surface area contributed by atoms with E-state index >= 15 is 0 Å². The van der Waals surface area contributed by atoms with Crippen LogP contribution in [0.15, 0.2) is 40.9 Å². The van der Waals surface area contributed by atoms with Gasteiger partial charge in [-0.15, -0.1) is 0 Å². The Morgan fingerprint density at radius 1 is 1.25 bits per heavy atom. The monoisotopic (exact) mass is 337 g/mol. The maximum absolute atomic E-state index is 13.0. The lowest BCUT2D eigenvalue weighted by Gasteiger charge is -2.12. The van der Waals surface area contributed by atoms with Crippen LogP contribution in [0.2, 0.25) is 0 Å². The highest BCUT2D eigenvalue weighted by molar-refractivity contribution is 9.10. The fourth-order valence-corrected chi connectivity index (χ4v) is 2.43. The molecule has 0 fully saturated rings. The average Bonchev–Trinajstić information content (AvgIpc) is 2.33. The van der Waals surface area contributed by atoms with Gasteiger partial charge in [-0.05, 0) is 58.7 Å². The second-order valence-electron chi connectivity index (χ2n) is 4.30. The average molecular weight is 338 g/mol. The van der Waals surface area contributed by atoms with Crippen molar-refractivity contribution < 1.29 is 9.18 Å². The molecule has 0 saturated heterocycles. The highest BCUT2D eigenvalue weighted by Crippen LogP contribution is 2.30. The van der Waals surface area contributed by atoms with E-state index in [9.17, 15) is 9.18 Å². The normalized spacial score (nSPS) is 10.2. The van der Waals surface area contributed by atoms with Crippen LogP contribution in [0.25, 0.3) is 0 Å². The number of hydrogen-bond acceptors (Lipinski definition) is 2. The van der Waals surface area contributed by atoms with Crippen molar-refractivity contribution in [2.75, 3.05) is 16.4 Å². The Labute approximate surface area is 124 Å². The number of nitrogen functional groups attached to an aromatic ring is 1. The van der Waals surface area contributed by atoms with E-state index in [0.717, 1.165) is 5.56 Å². The Morgan fingerprint density at radius 2 is 2.00 bits per heavy atom. The minimum absolute atomic E-state index is 0.365. The van der Waals surface area contributed by atoms with E-state index in [4.69, 9.17) is 5.73 Å². The molecule has 2 aromatic carbocycles. The first-order chi connectivity index (χ1) is 9.45. The number of urea groups is 1. The summed E-state index contributed by atoms with van der Waals surface area (Å²) in [4.78, 5) is 11.9. The molecule has 104 valence electrons. The number of anilines is 3. The summed E-state index contributed by atoms with van der Waals surface area (Å²) in [6.45, 7) is 1.90. The van der Waals surface area contributed by atoms with Gasteiger partial charge in [0.05, 0.1) is 11.4 Å². The van der Waals surface area contributed by atoms with E-state index in [0.29, 0.717) is 21.5 Å². The third-order valence-corrected chi connectivity index (χ3v) is 3.21. The molecule has 0 heterocycles. The molecule has 0 aliphatic rings. The highest BCUT2D eigenvalue weighted by Gasteiger charge is 2.10. The molecular weight excluding hydrogens is 325 g/mol. The summed E-state index contributed by atoms with van der Waals surface area (Å²) in [7, 11) is 0. The molecular formula is C14H13BrFN3O. The molecule has 0 saturated carbocycles. The largest absolute Gasteiger partial charge is 0.397 e. The van der Waals surface area contributed by atoms with Gasteiger partial charge >= 0.3 is 6.03 Å². The second kappa shape index (κ2) is 5.92. The van der Waals surface area contributed by atoms with Crippen molar-refractivity contribution in [1.29, 1.82) is 0 Å². The van der Waals surface area contributed by atoms with Crippen LogP contribution in [0.4, 0.5) is 26.2 Å². The topological polar surface area (TPSA) is 67.1 Å². The third kappa shape index (κ3) is 3.48. The van der Waals surface area contributed by atoms with Crippen LogP contribution in [0.1, 0.15) is 5.56 Å². The predicted molar refractivity (Wildman–Crippen MR) is 82.3 cm³/mol. The van der Waals surface area contributed by atoms with Gasteiger partial charge in [0.1, 0.15) is 5.82 Å². The summed E-state index contributed by atoms with van der Waals surface area (Å²) in [5.41, 5.74) is 8.12. The molecule has 0 unspecified atom stereocenters. The molecule has 0 bridgehead atoms. The Bertz CT molecular complexity index is 638. The Kier molecular flexibility index (Phi) is 4.24. The lowest BCUT2D eigenvalue weighted by Crippen LogP contribution is -2.20. The summed E-state index contributed by atoms with van der Waals surface area (Å²) in [6.07, 6.45) is 0. The first-order valence-corrected chi connectivity index (χ1v) is 6.64. The number of halogens is 2. The van der Waals surface area contributed by atoms with Crippen LogP contribution < -0.4 is 16.4 Å². The fourth-order valence-electron chi connectivity index (χ4n) is 1.74. The van der Waals surface area contributed by atoms with E-state index in [1.807, 2.05) is 13.0 Å². The van der Waals surface area contributed by atoms with E-state index in [1.54, 1.807) is 12.1 Å². The first kappa shape index (κ1) is 14.3. The number of carbonyl (C=O) groups excluding carboxylic acids is 1. The van der Waals surface area contributed by atoms with Crippen LogP contribution in [-0.2, 0) is 0 Å². The number of nitrogens with two attached hydrogens (primary N) is 1. The van der Waals surface area contributed by atoms with E-state index in [1.165, 1.54) is 18.2 Å². The molecule has 2 amide bonds. The maximum atomic E-state index is 13.0. The Balaban J connectivity index is 2.13. The van der Waals surface area contributed by atoms with Crippen molar-refractivity contribution in [3.05, 3.63) is 52.3 Å². The molecule has 0 radical (unpaired) electrons. The zero-order valence-electron chi connectivity index (χ0n) is 10.7. The molecule has 20 heavy (non-hydrogen) atoms. The lowest BCUT2D eigenvalue weighted by atomic mass is 10.2. The standard InChI is InChI=1S/C14H13BrFN3O/c1-8-5-11(15)13(12(17)6-8)19-14(20)18-10-4-2-3-9(16)7-10/h2-7H,17H2,1H3,(H2,18,19,20). The fraction of sp³-hybridized carbons (Fsp3) is 0.0714. The van der Waals surface area contributed by atoms with Gasteiger partial charge in [-0.25, -0.2) is 9.18 Å². The van der Waals surface area contributed by atoms with Crippen molar-refractivity contribution in [2.45, 2.75) is 6.92 Å². The van der Waals surface area contributed by atoms with Gasteiger partial charge < -0.3 is 16.4 Å². The number of carbonyl (C=O) groups is 1. The number of aryl methyl sites for hydroxylation is 1. The molecule has 0 aromatic heterocycles. The lowest BCUT2D eigenvalue weighted by molar-refractivity contribution is 0.262. The van der Waals surface area contributed by atoms with Gasteiger partial charge in [-0.2, -0.15) is 0 Å². The summed E-state index contributed by atoms with van der Waals surface area (Å²) in [6, 6.07) is 8.74. The predicted octanol–water partition coefficient (Wildman–Crippen LogP) is 4.12. The maximum Gasteiger partial charge on any atom is 0.323 e. The van der Waals surface area contributed by atoms with Crippen molar-refractivity contribution in [2.24, 2.45) is 0 Å². The molecule has 4 N–H and O–H groups in total. The van der Waals surface area contributed by atoms with Crippen LogP contribution in [0, 0.1) is 12.7 Å². The van der Waals surface area contributed by atoms with Gasteiger partial charge in [0.15, 0.2) is 0 Å². The van der Waals surface area contributed by atoms with E-state index in [-0.39, 0.29) is 0 Å². The van der Waals surface area contributed by atoms with Crippen LogP contribution in [0.5, 0.6) is 0 Å². The van der Waals surface area contributed by atoms with E-state index < -0.39 is 11.8 Å². The third-order valence-electron chi connectivity index (χ3n) is 2.59. The van der Waals surface area contributed by atoms with Crippen molar-refractivity contribution >= 4 is 39.0 Å². The highest BCUT2D eigenvalue weighted by atomic mass is 79.9. The van der Waals surface area contributed by atoms with Crippen LogP contribution in [-0.4, -0.2) is 6.03 Å². The quantitative estimate of drug-likeness (QED) is 0.721. The van der Waals surface area contributed by atoms with Gasteiger partial charge in [0, 0.05) is 10.2 Å². The van der Waals surface area contributed by atoms with Gasteiger partial charge in [-0.3, -0.25) is 0 Å². The summed E-state index contributed by atoms with van der Waals surface area (Å²) >= 11 is 3.34. The van der Waals surface area contributed by atoms with E-state index in [2.05, 4.69) is 26.6 Å². The first-order valence-electron chi connectivity index (χ1n) is 5.85. The van der Waals surface area contributed by atoms with Crippen molar-refractivity contribution in [3.63, 3.8) is 0 Å². The second-order valence-corrected chi connectivity index (χ2v) is 5.15. The number of benzene rings is 2. The molecule has 0 aliphatic heterocycles. The molecule has 0 aliphatic carbocycles. The minimum atomic E-state index is -0.494.